The van der Waals surface area contributed by atoms with E-state index in [2.05, 4.69) is 60.5 Å². The topological polar surface area (TPSA) is 51.0 Å². The van der Waals surface area contributed by atoms with Gasteiger partial charge in [0.2, 0.25) is 5.89 Å². The number of aromatic nitrogens is 2. The number of nitrogens with one attached hydrogen (secondary N) is 1. The molecule has 1 aliphatic carbocycles. The van der Waals surface area contributed by atoms with E-state index in [1.807, 2.05) is 6.07 Å². The molecule has 0 bridgehead atoms. The Balaban J connectivity index is 1.80. The van der Waals surface area contributed by atoms with E-state index >= 15 is 0 Å². The molecule has 2 aromatic rings. The molecule has 1 heterocycles. The van der Waals surface area contributed by atoms with Gasteiger partial charge in [-0.05, 0) is 24.4 Å². The minimum atomic E-state index is 0.155. The van der Waals surface area contributed by atoms with Crippen LogP contribution in [0.1, 0.15) is 62.3 Å². The molecule has 1 aromatic carbocycles. The van der Waals surface area contributed by atoms with Crippen molar-refractivity contribution in [2.24, 2.45) is 5.92 Å². The number of nitrogens with zero attached hydrogens (tertiary/aromatic N) is 2. The van der Waals surface area contributed by atoms with Crippen molar-refractivity contribution >= 4 is 0 Å². The van der Waals surface area contributed by atoms with Gasteiger partial charge < -0.3 is 9.84 Å². The van der Waals surface area contributed by atoms with Crippen LogP contribution < -0.4 is 5.32 Å². The predicted molar refractivity (Wildman–Crippen MR) is 82.1 cm³/mol. The lowest BCUT2D eigenvalue weighted by molar-refractivity contribution is 0.324. The first-order chi connectivity index (χ1) is 10.2. The normalized spacial score (nSPS) is 23.8. The van der Waals surface area contributed by atoms with Crippen LogP contribution in [0.5, 0.6) is 0 Å². The van der Waals surface area contributed by atoms with Crippen molar-refractivity contribution in [3.8, 4) is 0 Å². The fourth-order valence-corrected chi connectivity index (χ4v) is 2.87. The standard InChI is InChI=1S/C17H23N3O/c1-4-18-15(13-8-6-5-7-9-13)12(3)17-19-16(20-21-17)14-10-11(14)2/h5-9,11-12,14-15,18H,4,10H2,1-3H3. The molecule has 3 rings (SSSR count). The molecule has 0 spiro atoms. The largest absolute Gasteiger partial charge is 0.339 e. The van der Waals surface area contributed by atoms with Gasteiger partial charge in [-0.2, -0.15) is 4.98 Å². The van der Waals surface area contributed by atoms with Crippen molar-refractivity contribution in [2.75, 3.05) is 6.54 Å². The maximum Gasteiger partial charge on any atom is 0.231 e. The monoisotopic (exact) mass is 285 g/mol. The molecule has 4 atom stereocenters. The van der Waals surface area contributed by atoms with Crippen LogP contribution in [0.4, 0.5) is 0 Å². The van der Waals surface area contributed by atoms with Gasteiger partial charge in [-0.15, -0.1) is 0 Å². The Labute approximate surface area is 126 Å². The van der Waals surface area contributed by atoms with Gasteiger partial charge in [-0.3, -0.25) is 0 Å². The van der Waals surface area contributed by atoms with Gasteiger partial charge in [-0.25, -0.2) is 0 Å². The molecule has 1 aromatic heterocycles. The van der Waals surface area contributed by atoms with Crippen molar-refractivity contribution in [3.63, 3.8) is 0 Å². The quantitative estimate of drug-likeness (QED) is 0.880. The van der Waals surface area contributed by atoms with Crippen LogP contribution in [0.25, 0.3) is 0 Å². The van der Waals surface area contributed by atoms with E-state index in [4.69, 9.17) is 4.52 Å². The minimum Gasteiger partial charge on any atom is -0.339 e. The van der Waals surface area contributed by atoms with Crippen LogP contribution in [-0.4, -0.2) is 16.7 Å². The van der Waals surface area contributed by atoms with Gasteiger partial charge in [0.15, 0.2) is 5.82 Å². The van der Waals surface area contributed by atoms with Gasteiger partial charge in [0.25, 0.3) is 0 Å². The fourth-order valence-electron chi connectivity index (χ4n) is 2.87. The molecule has 0 saturated heterocycles. The first kappa shape index (κ1) is 14.3. The third-order valence-electron chi connectivity index (χ3n) is 4.37. The summed E-state index contributed by atoms with van der Waals surface area (Å²) < 4.78 is 5.52. The maximum atomic E-state index is 5.52. The van der Waals surface area contributed by atoms with E-state index in [1.54, 1.807) is 0 Å². The van der Waals surface area contributed by atoms with E-state index in [1.165, 1.54) is 12.0 Å². The summed E-state index contributed by atoms with van der Waals surface area (Å²) in [6.07, 6.45) is 1.18. The molecular formula is C17H23N3O. The number of hydrogen-bond donors (Lipinski definition) is 1. The van der Waals surface area contributed by atoms with Crippen LogP contribution in [0, 0.1) is 5.92 Å². The SMILES string of the molecule is CCNC(c1ccccc1)C(C)c1nc(C2CC2C)no1. The molecule has 4 heteroatoms. The zero-order chi connectivity index (χ0) is 14.8. The second-order valence-electron chi connectivity index (χ2n) is 6.05. The third-order valence-corrected chi connectivity index (χ3v) is 4.37. The molecule has 0 aliphatic heterocycles. The van der Waals surface area contributed by atoms with Crippen molar-refractivity contribution < 1.29 is 4.52 Å². The molecule has 21 heavy (non-hydrogen) atoms. The molecule has 4 nitrogen and oxygen atoms in total. The van der Waals surface area contributed by atoms with Gasteiger partial charge >= 0.3 is 0 Å². The van der Waals surface area contributed by atoms with Crippen LogP contribution >= 0.6 is 0 Å². The Bertz CT molecular complexity index is 581. The summed E-state index contributed by atoms with van der Waals surface area (Å²) >= 11 is 0. The number of benzene rings is 1. The van der Waals surface area contributed by atoms with Gasteiger partial charge in [0.1, 0.15) is 0 Å². The van der Waals surface area contributed by atoms with Crippen molar-refractivity contribution in [1.82, 2.24) is 15.5 Å². The Morgan fingerprint density at radius 1 is 1.33 bits per heavy atom. The van der Waals surface area contributed by atoms with E-state index in [9.17, 15) is 0 Å². The molecule has 1 aliphatic rings. The average Bonchev–Trinajstić information content (AvgIpc) is 3.04. The Morgan fingerprint density at radius 2 is 2.05 bits per heavy atom. The molecule has 1 saturated carbocycles. The van der Waals surface area contributed by atoms with Crippen molar-refractivity contribution in [3.05, 3.63) is 47.6 Å². The lowest BCUT2D eigenvalue weighted by Gasteiger charge is -2.22. The maximum absolute atomic E-state index is 5.52. The molecule has 0 radical (unpaired) electrons. The lowest BCUT2D eigenvalue weighted by atomic mass is 9.94. The summed E-state index contributed by atoms with van der Waals surface area (Å²) in [6.45, 7) is 7.40. The summed E-state index contributed by atoms with van der Waals surface area (Å²) in [6, 6.07) is 10.7. The average molecular weight is 285 g/mol. The second kappa shape index (κ2) is 5.98. The highest BCUT2D eigenvalue weighted by Crippen LogP contribution is 2.45. The van der Waals surface area contributed by atoms with Crippen LogP contribution in [0.3, 0.4) is 0 Å². The smallest absolute Gasteiger partial charge is 0.231 e. The van der Waals surface area contributed by atoms with Crippen molar-refractivity contribution in [2.45, 2.75) is 45.1 Å². The van der Waals surface area contributed by atoms with E-state index in [-0.39, 0.29) is 12.0 Å². The summed E-state index contributed by atoms with van der Waals surface area (Å²) in [5.41, 5.74) is 1.26. The van der Waals surface area contributed by atoms with Gasteiger partial charge in [0, 0.05) is 12.0 Å². The first-order valence-electron chi connectivity index (χ1n) is 7.82. The molecule has 1 fully saturated rings. The first-order valence-corrected chi connectivity index (χ1v) is 7.82. The Morgan fingerprint density at radius 3 is 2.67 bits per heavy atom. The van der Waals surface area contributed by atoms with Crippen molar-refractivity contribution in [1.29, 1.82) is 0 Å². The van der Waals surface area contributed by atoms with Crippen LogP contribution in [0.2, 0.25) is 0 Å². The minimum absolute atomic E-state index is 0.155. The summed E-state index contributed by atoms with van der Waals surface area (Å²) in [7, 11) is 0. The Hall–Kier alpha value is -1.68. The highest BCUT2D eigenvalue weighted by atomic mass is 16.5. The fraction of sp³-hybridized carbons (Fsp3) is 0.529. The summed E-state index contributed by atoms with van der Waals surface area (Å²) in [4.78, 5) is 4.63. The summed E-state index contributed by atoms with van der Waals surface area (Å²) in [5, 5.41) is 7.70. The van der Waals surface area contributed by atoms with Gasteiger partial charge in [-0.1, -0.05) is 56.3 Å². The highest BCUT2D eigenvalue weighted by molar-refractivity contribution is 5.22. The molecule has 112 valence electrons. The second-order valence-corrected chi connectivity index (χ2v) is 6.05. The zero-order valence-electron chi connectivity index (χ0n) is 12.9. The van der Waals surface area contributed by atoms with E-state index < -0.39 is 0 Å². The highest BCUT2D eigenvalue weighted by Gasteiger charge is 2.38. The molecule has 1 N–H and O–H groups in total. The molecule has 4 unspecified atom stereocenters. The predicted octanol–water partition coefficient (Wildman–Crippen LogP) is 3.65. The molecule has 0 amide bonds. The zero-order valence-corrected chi connectivity index (χ0v) is 12.9. The summed E-state index contributed by atoms with van der Waals surface area (Å²) in [5.74, 6) is 2.97. The van der Waals surface area contributed by atoms with Crippen LogP contribution in [0.15, 0.2) is 34.9 Å². The van der Waals surface area contributed by atoms with E-state index in [0.717, 1.165) is 18.3 Å². The molecular weight excluding hydrogens is 262 g/mol. The van der Waals surface area contributed by atoms with E-state index in [0.29, 0.717) is 11.8 Å². The number of rotatable bonds is 6. The number of hydrogen-bond acceptors (Lipinski definition) is 4. The van der Waals surface area contributed by atoms with Crippen LogP contribution in [-0.2, 0) is 0 Å². The number of likely N-dealkylation sites (N-methyl/N-ethyl adjacent to an activating group) is 1. The Kier molecular flexibility index (Phi) is 4.06. The third kappa shape index (κ3) is 3.00. The lowest BCUT2D eigenvalue weighted by Crippen LogP contribution is -2.25. The van der Waals surface area contributed by atoms with Gasteiger partial charge in [0.05, 0.1) is 5.92 Å².